The van der Waals surface area contributed by atoms with E-state index in [4.69, 9.17) is 0 Å². The molecule has 1 amide bonds. The van der Waals surface area contributed by atoms with Gasteiger partial charge in [0.2, 0.25) is 15.9 Å². The summed E-state index contributed by atoms with van der Waals surface area (Å²) in [5.41, 5.74) is 2.30. The molecule has 0 radical (unpaired) electrons. The van der Waals surface area contributed by atoms with Gasteiger partial charge in [-0.3, -0.25) is 14.2 Å². The molecule has 0 saturated heterocycles. The van der Waals surface area contributed by atoms with Crippen LogP contribution in [0.2, 0.25) is 0 Å². The average molecular weight is 381 g/mol. The number of anilines is 1. The van der Waals surface area contributed by atoms with Gasteiger partial charge >= 0.3 is 4.87 Å². The highest BCUT2D eigenvalue weighted by atomic mass is 32.2. The second-order valence-corrected chi connectivity index (χ2v) is 9.07. The molecule has 2 aromatic rings. The number of nitrogens with zero attached hydrogens (tertiary/aromatic N) is 3. The molecule has 0 fully saturated rings. The second-order valence-electron chi connectivity index (χ2n) is 6.10. The number of hydrogen-bond acceptors (Lipinski definition) is 5. The molecule has 0 spiro atoms. The summed E-state index contributed by atoms with van der Waals surface area (Å²) in [5, 5.41) is 1.73. The lowest BCUT2D eigenvalue weighted by Gasteiger charge is -2.18. The molecule has 1 aliphatic rings. The molecule has 0 N–H and O–H groups in total. The lowest BCUT2D eigenvalue weighted by atomic mass is 10.2. The third-order valence-electron chi connectivity index (χ3n) is 4.30. The molecular weight excluding hydrogens is 362 g/mol. The average Bonchev–Trinajstić information content (AvgIpc) is 3.12. The Balaban J connectivity index is 1.88. The number of carbonyl (C=O) groups is 1. The monoisotopic (exact) mass is 381 g/mol. The van der Waals surface area contributed by atoms with Crippen molar-refractivity contribution >= 4 is 33.0 Å². The zero-order valence-corrected chi connectivity index (χ0v) is 15.9. The summed E-state index contributed by atoms with van der Waals surface area (Å²) in [5.74, 6) is -0.175. The Morgan fingerprint density at radius 3 is 2.64 bits per heavy atom. The predicted octanol–water partition coefficient (Wildman–Crippen LogP) is 1.06. The molecule has 0 aliphatic carbocycles. The van der Waals surface area contributed by atoms with Crippen molar-refractivity contribution in [1.29, 1.82) is 0 Å². The molecule has 1 aromatic carbocycles. The van der Waals surface area contributed by atoms with Crippen molar-refractivity contribution < 1.29 is 13.2 Å². The summed E-state index contributed by atoms with van der Waals surface area (Å²) in [6.07, 6.45) is 0.593. The van der Waals surface area contributed by atoms with E-state index < -0.39 is 10.0 Å². The van der Waals surface area contributed by atoms with Gasteiger partial charge < -0.3 is 4.90 Å². The van der Waals surface area contributed by atoms with Crippen LogP contribution in [0.1, 0.15) is 11.3 Å². The Labute approximate surface area is 150 Å². The lowest BCUT2D eigenvalue weighted by Crippen LogP contribution is -2.34. The Hall–Kier alpha value is -1.97. The van der Waals surface area contributed by atoms with Crippen molar-refractivity contribution in [2.75, 3.05) is 25.5 Å². The first-order valence-corrected chi connectivity index (χ1v) is 10.0. The molecular formula is C16H19N3O4S2. The molecule has 1 aromatic heterocycles. The minimum Gasteiger partial charge on any atom is -0.310 e. The summed E-state index contributed by atoms with van der Waals surface area (Å²) in [6.45, 7) is 2.27. The lowest BCUT2D eigenvalue weighted by molar-refractivity contribution is -0.119. The van der Waals surface area contributed by atoms with Crippen LogP contribution in [0.15, 0.2) is 33.3 Å². The molecule has 0 bridgehead atoms. The number of amides is 1. The van der Waals surface area contributed by atoms with Gasteiger partial charge in [0, 0.05) is 37.4 Å². The molecule has 2 heterocycles. The van der Waals surface area contributed by atoms with E-state index in [0.29, 0.717) is 18.7 Å². The Kier molecular flexibility index (Phi) is 4.56. The molecule has 134 valence electrons. The van der Waals surface area contributed by atoms with E-state index in [0.717, 1.165) is 22.6 Å². The third kappa shape index (κ3) is 3.14. The third-order valence-corrected chi connectivity index (χ3v) is 6.99. The molecule has 0 atom stereocenters. The largest absolute Gasteiger partial charge is 0.310 e. The minimum atomic E-state index is -3.50. The van der Waals surface area contributed by atoms with Crippen LogP contribution in [-0.4, -0.2) is 43.8 Å². The Bertz CT molecular complexity index is 989. The number of aryl methyl sites for hydroxylation is 1. The maximum Gasteiger partial charge on any atom is 0.307 e. The molecule has 7 nitrogen and oxygen atoms in total. The molecule has 1 aliphatic heterocycles. The number of fused-ring (bicyclic) bond motifs is 1. The zero-order valence-electron chi connectivity index (χ0n) is 14.2. The topological polar surface area (TPSA) is 79.7 Å². The molecule has 25 heavy (non-hydrogen) atoms. The summed E-state index contributed by atoms with van der Waals surface area (Å²) < 4.78 is 27.1. The normalized spacial score (nSPS) is 14.2. The first-order chi connectivity index (χ1) is 11.7. The van der Waals surface area contributed by atoms with Crippen molar-refractivity contribution in [3.8, 4) is 0 Å². The van der Waals surface area contributed by atoms with Gasteiger partial charge in [-0.2, -0.15) is 0 Å². The SMILES string of the molecule is Cc1csc(=O)n1CC(=O)N1CCc2cc(S(=O)(=O)N(C)C)ccc21. The van der Waals surface area contributed by atoms with Gasteiger partial charge in [-0.25, -0.2) is 12.7 Å². The van der Waals surface area contributed by atoms with Gasteiger partial charge in [-0.15, -0.1) is 0 Å². The van der Waals surface area contributed by atoms with E-state index in [-0.39, 0.29) is 22.2 Å². The van der Waals surface area contributed by atoms with Gasteiger partial charge in [0.1, 0.15) is 6.54 Å². The van der Waals surface area contributed by atoms with Crippen LogP contribution >= 0.6 is 11.3 Å². The highest BCUT2D eigenvalue weighted by molar-refractivity contribution is 7.89. The van der Waals surface area contributed by atoms with Gasteiger partial charge in [0.15, 0.2) is 0 Å². The van der Waals surface area contributed by atoms with Gasteiger partial charge in [0.05, 0.1) is 4.90 Å². The van der Waals surface area contributed by atoms with Crippen LogP contribution in [-0.2, 0) is 27.8 Å². The van der Waals surface area contributed by atoms with Crippen molar-refractivity contribution in [3.05, 3.63) is 44.5 Å². The number of carbonyl (C=O) groups excluding carboxylic acids is 1. The molecule has 3 rings (SSSR count). The van der Waals surface area contributed by atoms with Crippen LogP contribution in [0, 0.1) is 6.92 Å². The zero-order chi connectivity index (χ0) is 18.4. The van der Waals surface area contributed by atoms with Crippen LogP contribution in [0.4, 0.5) is 5.69 Å². The van der Waals surface area contributed by atoms with Gasteiger partial charge in [-0.05, 0) is 37.1 Å². The standard InChI is InChI=1S/C16H19N3O4S2/c1-11-10-24-16(21)19(11)9-15(20)18-7-6-12-8-13(4-5-14(12)18)25(22,23)17(2)3/h4-5,8,10H,6-7,9H2,1-3H3. The van der Waals surface area contributed by atoms with E-state index in [2.05, 4.69) is 0 Å². The van der Waals surface area contributed by atoms with Crippen molar-refractivity contribution in [3.63, 3.8) is 0 Å². The van der Waals surface area contributed by atoms with Crippen LogP contribution in [0.25, 0.3) is 0 Å². The fourth-order valence-corrected chi connectivity index (χ4v) is 4.51. The predicted molar refractivity (Wildman–Crippen MR) is 96.7 cm³/mol. The summed E-state index contributed by atoms with van der Waals surface area (Å²) in [4.78, 5) is 26.1. The highest BCUT2D eigenvalue weighted by Crippen LogP contribution is 2.31. The molecule has 9 heteroatoms. The maximum atomic E-state index is 12.6. The first-order valence-electron chi connectivity index (χ1n) is 7.72. The van der Waals surface area contributed by atoms with E-state index in [1.165, 1.54) is 29.0 Å². The second kappa shape index (κ2) is 6.40. The highest BCUT2D eigenvalue weighted by Gasteiger charge is 2.27. The number of hydrogen-bond donors (Lipinski definition) is 0. The van der Waals surface area contributed by atoms with Crippen molar-refractivity contribution in [2.45, 2.75) is 24.8 Å². The van der Waals surface area contributed by atoms with Gasteiger partial charge in [-0.1, -0.05) is 11.3 Å². The number of benzene rings is 1. The molecule has 0 saturated carbocycles. The number of aromatic nitrogens is 1. The van der Waals surface area contributed by atoms with E-state index in [1.807, 2.05) is 0 Å². The van der Waals surface area contributed by atoms with E-state index in [9.17, 15) is 18.0 Å². The maximum absolute atomic E-state index is 12.6. The van der Waals surface area contributed by atoms with E-state index in [1.54, 1.807) is 29.3 Å². The Morgan fingerprint density at radius 2 is 2.04 bits per heavy atom. The molecule has 0 unspecified atom stereocenters. The smallest absolute Gasteiger partial charge is 0.307 e. The van der Waals surface area contributed by atoms with Crippen LogP contribution in [0.5, 0.6) is 0 Å². The van der Waals surface area contributed by atoms with Crippen molar-refractivity contribution in [2.24, 2.45) is 0 Å². The minimum absolute atomic E-state index is 0.00858. The van der Waals surface area contributed by atoms with Crippen LogP contribution < -0.4 is 9.77 Å². The summed E-state index contributed by atoms with van der Waals surface area (Å²) >= 11 is 1.07. The van der Waals surface area contributed by atoms with Crippen molar-refractivity contribution in [1.82, 2.24) is 8.87 Å². The fourth-order valence-electron chi connectivity index (χ4n) is 2.83. The summed E-state index contributed by atoms with van der Waals surface area (Å²) in [6, 6.07) is 4.81. The fraction of sp³-hybridized carbons (Fsp3) is 0.375. The number of thiazole rings is 1. The first kappa shape index (κ1) is 17.8. The number of rotatable bonds is 4. The van der Waals surface area contributed by atoms with Crippen LogP contribution in [0.3, 0.4) is 0 Å². The number of sulfonamides is 1. The summed E-state index contributed by atoms with van der Waals surface area (Å²) in [7, 11) is -0.532. The van der Waals surface area contributed by atoms with Gasteiger partial charge in [0.25, 0.3) is 0 Å². The Morgan fingerprint density at radius 1 is 1.32 bits per heavy atom. The quantitative estimate of drug-likeness (QED) is 0.793. The van der Waals surface area contributed by atoms with E-state index >= 15 is 0 Å².